The zero-order valence-corrected chi connectivity index (χ0v) is 9.47. The van der Waals surface area contributed by atoms with Crippen LogP contribution in [-0.4, -0.2) is 9.97 Å². The maximum Gasteiger partial charge on any atom is 0.131 e. The molecule has 70 valence electrons. The van der Waals surface area contributed by atoms with E-state index in [4.69, 9.17) is 0 Å². The number of rotatable bonds is 2. The summed E-state index contributed by atoms with van der Waals surface area (Å²) in [5.41, 5.74) is 0.946. The standard InChI is InChI=1S/C10H8IN3/c11-9-4-1-5-10(14-9)13-8-3-2-6-12-7-8/h1-7H,(H,13,14). The van der Waals surface area contributed by atoms with Crippen molar-refractivity contribution in [3.63, 3.8) is 0 Å². The first-order chi connectivity index (χ1) is 6.84. The van der Waals surface area contributed by atoms with Gasteiger partial charge in [0.25, 0.3) is 0 Å². The summed E-state index contributed by atoms with van der Waals surface area (Å²) in [5.74, 6) is 0.838. The Hall–Kier alpha value is -1.17. The summed E-state index contributed by atoms with van der Waals surface area (Å²) in [7, 11) is 0. The third-order valence-electron chi connectivity index (χ3n) is 1.65. The summed E-state index contributed by atoms with van der Waals surface area (Å²) < 4.78 is 0.969. The number of halogens is 1. The number of hydrogen-bond donors (Lipinski definition) is 1. The molecular weight excluding hydrogens is 289 g/mol. The molecule has 2 aromatic heterocycles. The first-order valence-electron chi connectivity index (χ1n) is 4.14. The van der Waals surface area contributed by atoms with E-state index in [9.17, 15) is 0 Å². The van der Waals surface area contributed by atoms with E-state index < -0.39 is 0 Å². The summed E-state index contributed by atoms with van der Waals surface area (Å²) >= 11 is 2.18. The van der Waals surface area contributed by atoms with Crippen LogP contribution in [0.3, 0.4) is 0 Å². The Labute approximate surface area is 95.7 Å². The lowest BCUT2D eigenvalue weighted by Crippen LogP contribution is -1.94. The number of aromatic nitrogens is 2. The molecule has 1 N–H and O–H groups in total. The van der Waals surface area contributed by atoms with Crippen molar-refractivity contribution >= 4 is 34.1 Å². The van der Waals surface area contributed by atoms with Gasteiger partial charge in [-0.1, -0.05) is 6.07 Å². The zero-order chi connectivity index (χ0) is 9.80. The largest absolute Gasteiger partial charge is 0.339 e. The summed E-state index contributed by atoms with van der Waals surface area (Å²) in [6.07, 6.45) is 3.51. The number of anilines is 2. The molecule has 0 radical (unpaired) electrons. The van der Waals surface area contributed by atoms with Crippen LogP contribution < -0.4 is 5.32 Å². The Morgan fingerprint density at radius 3 is 2.79 bits per heavy atom. The minimum atomic E-state index is 0.838. The van der Waals surface area contributed by atoms with E-state index in [-0.39, 0.29) is 0 Å². The fourth-order valence-electron chi connectivity index (χ4n) is 1.06. The van der Waals surface area contributed by atoms with E-state index >= 15 is 0 Å². The predicted octanol–water partition coefficient (Wildman–Crippen LogP) is 2.82. The third kappa shape index (κ3) is 2.41. The summed E-state index contributed by atoms with van der Waals surface area (Å²) in [5, 5.41) is 3.17. The molecule has 0 bridgehead atoms. The van der Waals surface area contributed by atoms with E-state index in [0.29, 0.717) is 0 Å². The predicted molar refractivity (Wildman–Crippen MR) is 64.5 cm³/mol. The van der Waals surface area contributed by atoms with Gasteiger partial charge in [-0.05, 0) is 46.9 Å². The molecule has 2 aromatic rings. The fourth-order valence-corrected chi connectivity index (χ4v) is 1.53. The second-order valence-corrected chi connectivity index (χ2v) is 3.82. The van der Waals surface area contributed by atoms with E-state index in [1.165, 1.54) is 0 Å². The van der Waals surface area contributed by atoms with Gasteiger partial charge in [0.1, 0.15) is 9.52 Å². The Balaban J connectivity index is 2.19. The van der Waals surface area contributed by atoms with Crippen LogP contribution in [0.5, 0.6) is 0 Å². The van der Waals surface area contributed by atoms with Gasteiger partial charge in [-0.2, -0.15) is 0 Å². The van der Waals surface area contributed by atoms with Crippen LogP contribution in [0, 0.1) is 3.70 Å². The summed E-state index contributed by atoms with van der Waals surface area (Å²) in [4.78, 5) is 8.33. The molecule has 0 aliphatic carbocycles. The van der Waals surface area contributed by atoms with Crippen LogP contribution in [0.1, 0.15) is 0 Å². The zero-order valence-electron chi connectivity index (χ0n) is 7.31. The fraction of sp³-hybridized carbons (Fsp3) is 0. The van der Waals surface area contributed by atoms with Crippen molar-refractivity contribution in [3.8, 4) is 0 Å². The lowest BCUT2D eigenvalue weighted by atomic mass is 10.4. The Morgan fingerprint density at radius 1 is 1.14 bits per heavy atom. The van der Waals surface area contributed by atoms with Crippen molar-refractivity contribution in [3.05, 3.63) is 46.4 Å². The van der Waals surface area contributed by atoms with E-state index in [2.05, 4.69) is 37.9 Å². The third-order valence-corrected chi connectivity index (χ3v) is 2.25. The van der Waals surface area contributed by atoms with Gasteiger partial charge in [0, 0.05) is 6.20 Å². The topological polar surface area (TPSA) is 37.8 Å². The molecule has 0 spiro atoms. The lowest BCUT2D eigenvalue weighted by Gasteiger charge is -2.04. The Bertz CT molecular complexity index is 417. The van der Waals surface area contributed by atoms with Gasteiger partial charge in [-0.25, -0.2) is 4.98 Å². The summed E-state index contributed by atoms with van der Waals surface area (Å²) in [6, 6.07) is 9.68. The minimum absolute atomic E-state index is 0.838. The molecule has 0 atom stereocenters. The monoisotopic (exact) mass is 297 g/mol. The van der Waals surface area contributed by atoms with Gasteiger partial charge in [-0.15, -0.1) is 0 Å². The molecule has 2 heterocycles. The highest BCUT2D eigenvalue weighted by atomic mass is 127. The quantitative estimate of drug-likeness (QED) is 0.684. The molecule has 0 saturated carbocycles. The SMILES string of the molecule is Ic1cccc(Nc2cccnc2)n1. The molecule has 0 fully saturated rings. The van der Waals surface area contributed by atoms with Crippen molar-refractivity contribution in [2.24, 2.45) is 0 Å². The molecule has 0 aliphatic rings. The molecular formula is C10H8IN3. The van der Waals surface area contributed by atoms with Gasteiger partial charge in [0.05, 0.1) is 11.9 Å². The maximum absolute atomic E-state index is 4.32. The maximum atomic E-state index is 4.32. The molecule has 4 heteroatoms. The van der Waals surface area contributed by atoms with Crippen LogP contribution >= 0.6 is 22.6 Å². The van der Waals surface area contributed by atoms with E-state index in [1.807, 2.05) is 30.3 Å². The van der Waals surface area contributed by atoms with Crippen LogP contribution in [0.4, 0.5) is 11.5 Å². The number of pyridine rings is 2. The number of hydrogen-bond acceptors (Lipinski definition) is 3. The molecule has 0 unspecified atom stereocenters. The van der Waals surface area contributed by atoms with Gasteiger partial charge in [0.15, 0.2) is 0 Å². The van der Waals surface area contributed by atoms with Crippen molar-refractivity contribution in [1.29, 1.82) is 0 Å². The molecule has 14 heavy (non-hydrogen) atoms. The van der Waals surface area contributed by atoms with Crippen LogP contribution in [0.15, 0.2) is 42.7 Å². The smallest absolute Gasteiger partial charge is 0.131 e. The highest BCUT2D eigenvalue weighted by molar-refractivity contribution is 14.1. The number of nitrogens with one attached hydrogen (secondary N) is 1. The van der Waals surface area contributed by atoms with Gasteiger partial charge < -0.3 is 5.32 Å². The minimum Gasteiger partial charge on any atom is -0.339 e. The highest BCUT2D eigenvalue weighted by Crippen LogP contribution is 2.13. The van der Waals surface area contributed by atoms with E-state index in [1.54, 1.807) is 12.4 Å². The molecule has 0 amide bonds. The van der Waals surface area contributed by atoms with Crippen molar-refractivity contribution in [2.45, 2.75) is 0 Å². The highest BCUT2D eigenvalue weighted by Gasteiger charge is 1.95. The second-order valence-electron chi connectivity index (χ2n) is 2.71. The molecule has 0 saturated heterocycles. The van der Waals surface area contributed by atoms with Crippen LogP contribution in [0.2, 0.25) is 0 Å². The van der Waals surface area contributed by atoms with E-state index in [0.717, 1.165) is 15.2 Å². The lowest BCUT2D eigenvalue weighted by molar-refractivity contribution is 1.25. The molecule has 3 nitrogen and oxygen atoms in total. The molecule has 0 aliphatic heterocycles. The van der Waals surface area contributed by atoms with Crippen LogP contribution in [-0.2, 0) is 0 Å². The van der Waals surface area contributed by atoms with Crippen molar-refractivity contribution in [1.82, 2.24) is 9.97 Å². The first kappa shape index (κ1) is 9.39. The summed E-state index contributed by atoms with van der Waals surface area (Å²) in [6.45, 7) is 0. The van der Waals surface area contributed by atoms with Crippen molar-refractivity contribution in [2.75, 3.05) is 5.32 Å². The second kappa shape index (κ2) is 4.36. The van der Waals surface area contributed by atoms with Gasteiger partial charge in [-0.3, -0.25) is 4.98 Å². The molecule has 0 aromatic carbocycles. The van der Waals surface area contributed by atoms with Crippen LogP contribution in [0.25, 0.3) is 0 Å². The van der Waals surface area contributed by atoms with Gasteiger partial charge >= 0.3 is 0 Å². The number of nitrogens with zero attached hydrogens (tertiary/aromatic N) is 2. The first-order valence-corrected chi connectivity index (χ1v) is 5.22. The molecule has 2 rings (SSSR count). The normalized spacial score (nSPS) is 9.79. The van der Waals surface area contributed by atoms with Crippen molar-refractivity contribution < 1.29 is 0 Å². The average molecular weight is 297 g/mol. The Kier molecular flexibility index (Phi) is 2.93. The van der Waals surface area contributed by atoms with Gasteiger partial charge in [0.2, 0.25) is 0 Å². The Morgan fingerprint density at radius 2 is 2.07 bits per heavy atom. The average Bonchev–Trinajstić information content (AvgIpc) is 2.19.